The highest BCUT2D eigenvalue weighted by molar-refractivity contribution is 6.11. The fraction of sp³-hybridized carbons (Fsp3) is 0.692. The minimum Gasteiger partial charge on any atom is -0.478 e. The number of carbonyl (C=O) groups excluding carboxylic acids is 3. The first kappa shape index (κ1) is 28.4. The maximum atomic E-state index is 13.4. The lowest BCUT2D eigenvalue weighted by Gasteiger charge is -2.45. The van der Waals surface area contributed by atoms with Crippen LogP contribution in [0.25, 0.3) is 0 Å². The van der Waals surface area contributed by atoms with Crippen LogP contribution in [-0.4, -0.2) is 54.1 Å². The molecule has 0 aromatic rings. The lowest BCUT2D eigenvalue weighted by molar-refractivity contribution is -0.125. The normalized spacial score (nSPS) is 25.0. The van der Waals surface area contributed by atoms with E-state index in [0.29, 0.717) is 19.4 Å². The summed E-state index contributed by atoms with van der Waals surface area (Å²) >= 11 is 0. The largest absolute Gasteiger partial charge is 0.478 e. The number of nitrogens with two attached hydrogens (primary N) is 1. The molecule has 0 aliphatic heterocycles. The van der Waals surface area contributed by atoms with Gasteiger partial charge in [-0.05, 0) is 63.4 Å². The minimum atomic E-state index is -0.604. The van der Waals surface area contributed by atoms with Crippen molar-refractivity contribution in [1.82, 2.24) is 15.5 Å². The van der Waals surface area contributed by atoms with Gasteiger partial charge in [0.15, 0.2) is 0 Å². The molecule has 2 bridgehead atoms. The molecule has 2 unspecified atom stereocenters. The third-order valence-corrected chi connectivity index (χ3v) is 6.75. The van der Waals surface area contributed by atoms with Gasteiger partial charge in [-0.1, -0.05) is 20.3 Å². The van der Waals surface area contributed by atoms with E-state index >= 15 is 0 Å². The highest BCUT2D eigenvalue weighted by Crippen LogP contribution is 2.42. The molecular formula is C26H43N5O4. The number of hydrogen-bond acceptors (Lipinski definition) is 6. The summed E-state index contributed by atoms with van der Waals surface area (Å²) in [5.41, 5.74) is 5.11. The molecule has 9 heteroatoms. The predicted molar refractivity (Wildman–Crippen MR) is 136 cm³/mol. The smallest absolute Gasteiger partial charge is 0.258 e. The summed E-state index contributed by atoms with van der Waals surface area (Å²) in [5, 5.41) is 14.0. The summed E-state index contributed by atoms with van der Waals surface area (Å²) in [6.07, 6.45) is 8.94. The van der Waals surface area contributed by atoms with E-state index in [9.17, 15) is 14.4 Å². The average Bonchev–Trinajstić information content (AvgIpc) is 2.73. The van der Waals surface area contributed by atoms with Crippen LogP contribution < -0.4 is 16.4 Å². The highest BCUT2D eigenvalue weighted by Gasteiger charge is 2.43. The number of amides is 3. The molecule has 2 fully saturated rings. The van der Waals surface area contributed by atoms with Crippen molar-refractivity contribution in [3.8, 4) is 0 Å². The van der Waals surface area contributed by atoms with Crippen molar-refractivity contribution in [3.63, 3.8) is 0 Å². The predicted octanol–water partition coefficient (Wildman–Crippen LogP) is 2.68. The topological polar surface area (TPSA) is 138 Å². The summed E-state index contributed by atoms with van der Waals surface area (Å²) in [5.74, 6) is -0.00577. The monoisotopic (exact) mass is 489 g/mol. The molecule has 0 heterocycles. The van der Waals surface area contributed by atoms with Crippen LogP contribution >= 0.6 is 0 Å². The molecule has 196 valence electrons. The van der Waals surface area contributed by atoms with Gasteiger partial charge in [0.05, 0.1) is 12.1 Å². The highest BCUT2D eigenvalue weighted by atomic mass is 16.5. The van der Waals surface area contributed by atoms with Crippen molar-refractivity contribution < 1.29 is 19.1 Å². The van der Waals surface area contributed by atoms with Gasteiger partial charge in [-0.3, -0.25) is 14.4 Å². The molecule has 2 saturated carbocycles. The molecule has 5 N–H and O–H groups in total. The van der Waals surface area contributed by atoms with Gasteiger partial charge >= 0.3 is 0 Å². The van der Waals surface area contributed by atoms with E-state index in [1.165, 1.54) is 6.92 Å². The van der Waals surface area contributed by atoms with Gasteiger partial charge in [-0.15, -0.1) is 0 Å². The molecule has 0 radical (unpaired) electrons. The number of rotatable bonds is 11. The zero-order chi connectivity index (χ0) is 26.3. The van der Waals surface area contributed by atoms with E-state index in [4.69, 9.17) is 15.9 Å². The molecule has 2 atom stereocenters. The standard InChI is InChI=1S/C26H43N5O4/c1-16(2)15-35-25(31(6)11-10-26(4,5)30-17(3)32)21(14-27)24(34)29-22-18-8-7-9-19(22)13-20(12-18)23(28)33/h10-11,14,16,18-20,22,27H,7-9,12-13,15H2,1-6H3,(H2,28,33)(H,29,34)(H,30,32)/b11-10+,25-21-,27-14?. The zero-order valence-electron chi connectivity index (χ0n) is 22.0. The summed E-state index contributed by atoms with van der Waals surface area (Å²) in [6.45, 7) is 9.58. The van der Waals surface area contributed by atoms with Gasteiger partial charge in [0, 0.05) is 38.3 Å². The van der Waals surface area contributed by atoms with Crippen LogP contribution in [0.3, 0.4) is 0 Å². The van der Waals surface area contributed by atoms with Crippen LogP contribution in [0.1, 0.15) is 66.7 Å². The molecule has 0 aromatic heterocycles. The number of nitrogens with one attached hydrogen (secondary N) is 3. The molecule has 3 amide bonds. The first-order valence-corrected chi connectivity index (χ1v) is 12.5. The van der Waals surface area contributed by atoms with E-state index < -0.39 is 5.54 Å². The molecular weight excluding hydrogens is 446 g/mol. The van der Waals surface area contributed by atoms with E-state index in [1.807, 2.05) is 33.8 Å². The van der Waals surface area contributed by atoms with Crippen LogP contribution in [0.15, 0.2) is 23.7 Å². The fourth-order valence-corrected chi connectivity index (χ4v) is 5.14. The Balaban J connectivity index is 2.29. The summed E-state index contributed by atoms with van der Waals surface area (Å²) in [4.78, 5) is 38.4. The fourth-order valence-electron chi connectivity index (χ4n) is 5.14. The Kier molecular flexibility index (Phi) is 9.92. The van der Waals surface area contributed by atoms with Gasteiger partial charge in [-0.25, -0.2) is 0 Å². The van der Waals surface area contributed by atoms with Crippen molar-refractivity contribution in [2.75, 3.05) is 13.7 Å². The van der Waals surface area contributed by atoms with Gasteiger partial charge in [0.2, 0.25) is 17.7 Å². The molecule has 2 aliphatic rings. The molecule has 35 heavy (non-hydrogen) atoms. The quantitative estimate of drug-likeness (QED) is 0.201. The number of ether oxygens (including phenoxy) is 1. The first-order chi connectivity index (χ1) is 16.3. The number of carbonyl (C=O) groups is 3. The third kappa shape index (κ3) is 8.11. The first-order valence-electron chi connectivity index (χ1n) is 12.5. The average molecular weight is 490 g/mol. The van der Waals surface area contributed by atoms with Crippen LogP contribution in [0.4, 0.5) is 0 Å². The molecule has 0 spiro atoms. The van der Waals surface area contributed by atoms with Crippen LogP contribution in [0.5, 0.6) is 0 Å². The molecule has 0 aromatic carbocycles. The summed E-state index contributed by atoms with van der Waals surface area (Å²) in [6, 6.07) is -0.0484. The van der Waals surface area contributed by atoms with Gasteiger partial charge in [0.1, 0.15) is 5.57 Å². The van der Waals surface area contributed by atoms with Crippen LogP contribution in [-0.2, 0) is 19.1 Å². The van der Waals surface area contributed by atoms with E-state index in [1.54, 1.807) is 18.1 Å². The van der Waals surface area contributed by atoms with E-state index in [0.717, 1.165) is 25.5 Å². The second-order valence-corrected chi connectivity index (χ2v) is 10.9. The molecule has 2 rings (SSSR count). The van der Waals surface area contributed by atoms with Crippen molar-refractivity contribution in [1.29, 1.82) is 5.41 Å². The Bertz CT molecular complexity index is 850. The van der Waals surface area contributed by atoms with Crippen molar-refractivity contribution >= 4 is 23.9 Å². The van der Waals surface area contributed by atoms with Crippen molar-refractivity contribution in [2.24, 2.45) is 29.4 Å². The van der Waals surface area contributed by atoms with Gasteiger partial charge in [0.25, 0.3) is 5.91 Å². The van der Waals surface area contributed by atoms with Gasteiger partial charge < -0.3 is 31.4 Å². The third-order valence-electron chi connectivity index (χ3n) is 6.75. The Hall–Kier alpha value is -2.84. The zero-order valence-corrected chi connectivity index (χ0v) is 22.0. The Morgan fingerprint density at radius 1 is 1.20 bits per heavy atom. The molecule has 2 aliphatic carbocycles. The van der Waals surface area contributed by atoms with Crippen LogP contribution in [0.2, 0.25) is 0 Å². The Morgan fingerprint density at radius 2 is 1.80 bits per heavy atom. The number of primary amides is 1. The summed E-state index contributed by atoms with van der Waals surface area (Å²) < 4.78 is 6.01. The lowest BCUT2D eigenvalue weighted by Crippen LogP contribution is -2.53. The Labute approximate surface area is 209 Å². The van der Waals surface area contributed by atoms with E-state index in [-0.39, 0.29) is 58.9 Å². The van der Waals surface area contributed by atoms with Crippen LogP contribution in [0, 0.1) is 29.1 Å². The number of hydrogen-bond donors (Lipinski definition) is 4. The number of nitrogens with zero attached hydrogens (tertiary/aromatic N) is 1. The van der Waals surface area contributed by atoms with E-state index in [2.05, 4.69) is 10.6 Å². The second kappa shape index (κ2) is 12.2. The van der Waals surface area contributed by atoms with Crippen molar-refractivity contribution in [3.05, 3.63) is 23.7 Å². The molecule has 0 saturated heterocycles. The lowest BCUT2D eigenvalue weighted by atomic mass is 9.64. The second-order valence-electron chi connectivity index (χ2n) is 10.9. The maximum absolute atomic E-state index is 13.4. The maximum Gasteiger partial charge on any atom is 0.258 e. The molecule has 9 nitrogen and oxygen atoms in total. The summed E-state index contributed by atoms with van der Waals surface area (Å²) in [7, 11) is 1.75. The van der Waals surface area contributed by atoms with Crippen molar-refractivity contribution in [2.45, 2.75) is 78.3 Å². The minimum absolute atomic E-state index is 0.0484. The van der Waals surface area contributed by atoms with Gasteiger partial charge in [-0.2, -0.15) is 0 Å². The Morgan fingerprint density at radius 3 is 2.29 bits per heavy atom. The number of fused-ring (bicyclic) bond motifs is 2. The SMILES string of the molecule is CC(=O)NC(C)(C)/C=C/N(C)/C(OCC(C)C)=C(\C=N)C(=O)NC1C2CCCC1CC(C(N)=O)C2.